The first kappa shape index (κ1) is 36.6. The fourth-order valence-corrected chi connectivity index (χ4v) is 8.39. The summed E-state index contributed by atoms with van der Waals surface area (Å²) in [5.74, 6) is 0.734. The summed E-state index contributed by atoms with van der Waals surface area (Å²) < 4.78 is 42.1. The van der Waals surface area contributed by atoms with Crippen molar-refractivity contribution < 1.29 is 10.2 Å². The first-order valence-electron chi connectivity index (χ1n) is 23.2. The number of aromatic nitrogens is 3. The Bertz CT molecular complexity index is 3070. The fourth-order valence-electron chi connectivity index (χ4n) is 8.39. The van der Waals surface area contributed by atoms with Gasteiger partial charge in [-0.25, -0.2) is 4.98 Å². The molecule has 0 atom stereocenters. The third-order valence-electron chi connectivity index (χ3n) is 11.8. The summed E-state index contributed by atoms with van der Waals surface area (Å²) in [5, 5.41) is 0. The van der Waals surface area contributed by atoms with Crippen LogP contribution in [0.3, 0.4) is 0 Å². The molecule has 6 aromatic carbocycles. The molecule has 0 aliphatic carbocycles. The molecule has 0 aliphatic heterocycles. The first-order valence-corrected chi connectivity index (χ1v) is 21.2. The molecule has 0 bridgehead atoms. The highest BCUT2D eigenvalue weighted by Gasteiger charge is 2.25. The number of benzene rings is 6. The van der Waals surface area contributed by atoms with Gasteiger partial charge in [0.05, 0.1) is 35.1 Å². The van der Waals surface area contributed by atoms with Crippen molar-refractivity contribution in [2.24, 2.45) is 0 Å². The lowest BCUT2D eigenvalue weighted by atomic mass is 9.83. The lowest BCUT2D eigenvalue weighted by Crippen LogP contribution is -2.11. The van der Waals surface area contributed by atoms with E-state index in [0.29, 0.717) is 5.82 Å². The maximum absolute atomic E-state index is 8.50. The predicted molar refractivity (Wildman–Crippen MR) is 258 cm³/mol. The van der Waals surface area contributed by atoms with Gasteiger partial charge in [-0.15, -0.1) is 0 Å². The summed E-state index contributed by atoms with van der Waals surface area (Å²) in [7, 11) is 1.70. The third kappa shape index (κ3) is 8.16. The van der Waals surface area contributed by atoms with Crippen molar-refractivity contribution in [2.75, 3.05) is 7.11 Å². The molecule has 0 saturated carbocycles. The Balaban J connectivity index is 1.39. The minimum absolute atomic E-state index is 0.0543. The fraction of sp³-hybridized carbons (Fsp3) is 0.263. The quantitative estimate of drug-likeness (QED) is 0.154. The Hall–Kier alpha value is -6.26. The summed E-state index contributed by atoms with van der Waals surface area (Å²) >= 11 is 0. The van der Waals surface area contributed by atoms with Crippen molar-refractivity contribution >= 4 is 11.0 Å². The zero-order valence-corrected chi connectivity index (χ0v) is 37.5. The lowest BCUT2D eigenvalue weighted by Gasteiger charge is -2.22. The number of fused-ring (bicyclic) bond motifs is 1. The summed E-state index contributed by atoms with van der Waals surface area (Å²) in [6.07, 6.45) is 1.87. The monoisotopic (exact) mass is 805 g/mol. The van der Waals surface area contributed by atoms with Gasteiger partial charge >= 0.3 is 0 Å². The lowest BCUT2D eigenvalue weighted by molar-refractivity contribution is 0.413. The normalized spacial score (nSPS) is 13.4. The second-order valence-corrected chi connectivity index (χ2v) is 18.7. The van der Waals surface area contributed by atoms with Gasteiger partial charge in [-0.05, 0) is 136 Å². The Kier molecular flexibility index (Phi) is 9.58. The van der Waals surface area contributed by atoms with Crippen LogP contribution in [0, 0.1) is 20.7 Å². The highest BCUT2D eigenvalue weighted by atomic mass is 16.5. The van der Waals surface area contributed by atoms with E-state index in [-0.39, 0.29) is 16.4 Å². The molecular weight excluding hydrogens is 743 g/mol. The Morgan fingerprint density at radius 2 is 1.31 bits per heavy atom. The van der Waals surface area contributed by atoms with E-state index in [1.165, 1.54) is 5.56 Å². The molecule has 4 nitrogen and oxygen atoms in total. The van der Waals surface area contributed by atoms with Gasteiger partial charge in [-0.2, -0.15) is 0 Å². The highest BCUT2D eigenvalue weighted by molar-refractivity contribution is 5.98. The van der Waals surface area contributed by atoms with E-state index in [0.717, 1.165) is 94.9 Å². The minimum Gasteiger partial charge on any atom is -0.496 e. The van der Waals surface area contributed by atoms with Crippen LogP contribution in [0.5, 0.6) is 5.75 Å². The topological polar surface area (TPSA) is 39.9 Å². The largest absolute Gasteiger partial charge is 0.496 e. The van der Waals surface area contributed by atoms with Crippen LogP contribution in [0.2, 0.25) is 0 Å². The van der Waals surface area contributed by atoms with E-state index in [2.05, 4.69) is 151 Å². The molecule has 0 spiro atoms. The number of hydrogen-bond donors (Lipinski definition) is 0. The predicted octanol–water partition coefficient (Wildman–Crippen LogP) is 15.4. The number of nitrogens with zero attached hydrogens (tertiary/aromatic N) is 3. The highest BCUT2D eigenvalue weighted by Crippen LogP contribution is 2.43. The molecule has 61 heavy (non-hydrogen) atoms. The Morgan fingerprint density at radius 1 is 0.623 bits per heavy atom. The van der Waals surface area contributed by atoms with Crippen LogP contribution in [0.1, 0.15) is 100 Å². The molecule has 0 saturated heterocycles. The van der Waals surface area contributed by atoms with Crippen molar-refractivity contribution in [3.63, 3.8) is 0 Å². The number of ether oxygens (including phenoxy) is 1. The van der Waals surface area contributed by atoms with Gasteiger partial charge in [0.25, 0.3) is 0 Å². The molecule has 0 amide bonds. The molecule has 0 aliphatic rings. The van der Waals surface area contributed by atoms with E-state index in [1.807, 2.05) is 50.4 Å². The molecule has 308 valence electrons. The average molecular weight is 806 g/mol. The zero-order chi connectivity index (χ0) is 46.8. The first-order chi connectivity index (χ1) is 30.5. The second-order valence-electron chi connectivity index (χ2n) is 18.7. The molecule has 2 aromatic heterocycles. The number of aryl methyl sites for hydroxylation is 3. The van der Waals surface area contributed by atoms with Gasteiger partial charge in [0.1, 0.15) is 11.6 Å². The molecule has 0 N–H and O–H groups in total. The Labute approximate surface area is 369 Å². The number of imidazole rings is 1. The van der Waals surface area contributed by atoms with Crippen LogP contribution in [0.15, 0.2) is 134 Å². The zero-order valence-electron chi connectivity index (χ0n) is 41.5. The van der Waals surface area contributed by atoms with Crippen LogP contribution in [-0.2, 0) is 10.8 Å². The van der Waals surface area contributed by atoms with E-state index in [4.69, 9.17) is 20.2 Å². The van der Waals surface area contributed by atoms with Crippen molar-refractivity contribution in [1.29, 1.82) is 0 Å². The van der Waals surface area contributed by atoms with Crippen molar-refractivity contribution in [2.45, 2.75) is 92.8 Å². The summed E-state index contributed by atoms with van der Waals surface area (Å²) in [4.78, 5) is 10.5. The molecule has 8 aromatic rings. The van der Waals surface area contributed by atoms with Crippen LogP contribution < -0.4 is 4.74 Å². The van der Waals surface area contributed by atoms with Crippen LogP contribution >= 0.6 is 0 Å². The van der Waals surface area contributed by atoms with Crippen LogP contribution in [-0.4, -0.2) is 21.6 Å². The minimum atomic E-state index is -2.31. The van der Waals surface area contributed by atoms with Gasteiger partial charge < -0.3 is 4.74 Å². The Morgan fingerprint density at radius 3 is 1.98 bits per heavy atom. The second kappa shape index (κ2) is 16.0. The number of para-hydroxylation sites is 1. The standard InChI is InChI=1S/C57H59N3O/c1-35(2)39-17-19-40(20-18-39)42-26-27-58-50(34-42)44-31-43(32-46(33-44)57(9,10)11)47-14-13-15-52-53(47)59-55(49-30-37(4)28-38(5)54(49)61-12)60(52)51-25-16-36(3)29-48(51)41-21-23-45(24-22-41)56(6,7)8/h13-35H,1-12H3/i3D3,35D. The van der Waals surface area contributed by atoms with Crippen LogP contribution in [0.25, 0.3) is 72.7 Å². The average Bonchev–Trinajstić information content (AvgIpc) is 3.64. The number of hydrogen-bond acceptors (Lipinski definition) is 3. The molecule has 0 radical (unpaired) electrons. The van der Waals surface area contributed by atoms with Crippen molar-refractivity contribution in [3.05, 3.63) is 167 Å². The molecule has 8 rings (SSSR count). The number of rotatable bonds is 8. The van der Waals surface area contributed by atoms with Crippen molar-refractivity contribution in [1.82, 2.24) is 14.5 Å². The summed E-state index contributed by atoms with van der Waals surface area (Å²) in [6, 6.07) is 43.6. The molecule has 0 unspecified atom stereocenters. The molecule has 4 heteroatoms. The van der Waals surface area contributed by atoms with Crippen molar-refractivity contribution in [3.8, 4) is 67.5 Å². The summed E-state index contributed by atoms with van der Waals surface area (Å²) in [6.45, 7) is 18.9. The van der Waals surface area contributed by atoms with Gasteiger partial charge in [0.2, 0.25) is 0 Å². The van der Waals surface area contributed by atoms with Gasteiger partial charge in [-0.1, -0.05) is 140 Å². The van der Waals surface area contributed by atoms with Crippen LogP contribution in [0.4, 0.5) is 0 Å². The molecular formula is C57H59N3O. The smallest absolute Gasteiger partial charge is 0.149 e. The number of pyridine rings is 1. The van der Waals surface area contributed by atoms with Gasteiger partial charge in [0, 0.05) is 28.4 Å². The third-order valence-corrected chi connectivity index (χ3v) is 11.8. The molecule has 0 fully saturated rings. The van der Waals surface area contributed by atoms with E-state index >= 15 is 0 Å². The summed E-state index contributed by atoms with van der Waals surface area (Å²) in [5.41, 5.74) is 16.3. The van der Waals surface area contributed by atoms with E-state index in [1.54, 1.807) is 13.2 Å². The van der Waals surface area contributed by atoms with Gasteiger partial charge in [0.15, 0.2) is 0 Å². The van der Waals surface area contributed by atoms with Gasteiger partial charge in [-0.3, -0.25) is 9.55 Å². The molecule has 2 heterocycles. The maximum atomic E-state index is 8.50. The van der Waals surface area contributed by atoms with E-state index in [9.17, 15) is 0 Å². The van der Waals surface area contributed by atoms with E-state index < -0.39 is 12.7 Å². The SMILES string of the molecule is [2H]C([2H])([2H])c1ccc(-n2c(-c3cc(C)cc(C)c3OC)nc3c(-c4cc(-c5cc(-c6ccc(C([2H])(C)C)cc6)ccn5)cc(C(C)(C)C)c4)cccc32)c(-c2ccc(C(C)(C)C)cc2)c1. The number of methoxy groups -OCH3 is 1. The maximum Gasteiger partial charge on any atom is 0.149 e.